The van der Waals surface area contributed by atoms with Gasteiger partial charge in [0.1, 0.15) is 11.4 Å². The van der Waals surface area contributed by atoms with Crippen molar-refractivity contribution in [1.29, 1.82) is 0 Å². The van der Waals surface area contributed by atoms with E-state index in [4.69, 9.17) is 32.9 Å². The predicted octanol–water partition coefficient (Wildman–Crippen LogP) is 8.60. The van der Waals surface area contributed by atoms with E-state index in [2.05, 4.69) is 46.4 Å². The van der Waals surface area contributed by atoms with Gasteiger partial charge in [-0.3, -0.25) is 9.69 Å². The Balaban J connectivity index is 1.77. The highest BCUT2D eigenvalue weighted by Gasteiger charge is 2.54. The molecular formula is C35H47Cl2N3O3. The number of amides is 1. The zero-order valence-corrected chi connectivity index (χ0v) is 28.5. The largest absolute Gasteiger partial charge is 0.459 e. The van der Waals surface area contributed by atoms with Crippen LogP contribution in [0.2, 0.25) is 10.0 Å². The molecule has 1 fully saturated rings. The fourth-order valence-electron chi connectivity index (χ4n) is 5.89. The first kappa shape index (κ1) is 33.5. The van der Waals surface area contributed by atoms with Gasteiger partial charge in [0.15, 0.2) is 0 Å². The number of aliphatic imine (C=N–C) groups is 1. The summed E-state index contributed by atoms with van der Waals surface area (Å²) in [6.45, 7) is 19.6. The molecule has 6 nitrogen and oxygen atoms in total. The van der Waals surface area contributed by atoms with E-state index in [1.165, 1.54) is 0 Å². The zero-order chi connectivity index (χ0) is 31.7. The van der Waals surface area contributed by atoms with E-state index in [0.29, 0.717) is 33.4 Å². The number of carbonyl (C=O) groups excluding carboxylic acids is 2. The van der Waals surface area contributed by atoms with Gasteiger partial charge in [-0.2, -0.15) is 0 Å². The molecular weight excluding hydrogens is 581 g/mol. The van der Waals surface area contributed by atoms with Crippen LogP contribution in [0, 0.1) is 10.8 Å². The average molecular weight is 629 g/mol. The highest BCUT2D eigenvalue weighted by molar-refractivity contribution is 6.48. The normalized spacial score (nSPS) is 20.3. The highest BCUT2D eigenvalue weighted by Crippen LogP contribution is 2.44. The lowest BCUT2D eigenvalue weighted by molar-refractivity contribution is -0.131. The lowest BCUT2D eigenvalue weighted by atomic mass is 9.85. The molecule has 0 aliphatic carbocycles. The number of benzene rings is 2. The van der Waals surface area contributed by atoms with Crippen LogP contribution in [0.1, 0.15) is 109 Å². The first-order chi connectivity index (χ1) is 20.0. The second-order valence-corrected chi connectivity index (χ2v) is 15.7. The van der Waals surface area contributed by atoms with Gasteiger partial charge in [0.05, 0.1) is 17.7 Å². The summed E-state index contributed by atoms with van der Waals surface area (Å²) >= 11 is 12.8. The molecule has 2 heterocycles. The standard InChI is InChI=1S/C35H47Cl2N3O3/c1-23(2)43-32(42)25-11-9-24(10-12-25)29(13-14-33(3,4)5)40-31(41)30(26-19-27(36)21-28(37)20-26)38-35(40)16-18-39(22-35)17-15-34(6,7)8/h9-12,19-21,23,29H,13-18,22H2,1-8H3/t29-,35?/m1/s1. The van der Waals surface area contributed by atoms with Crippen molar-refractivity contribution in [3.8, 4) is 0 Å². The third-order valence-electron chi connectivity index (χ3n) is 8.16. The molecule has 2 aliphatic heterocycles. The van der Waals surface area contributed by atoms with E-state index in [0.717, 1.165) is 44.3 Å². The molecule has 1 saturated heterocycles. The number of ether oxygens (including phenoxy) is 1. The summed E-state index contributed by atoms with van der Waals surface area (Å²) in [5.74, 6) is -0.464. The van der Waals surface area contributed by atoms with E-state index >= 15 is 0 Å². The smallest absolute Gasteiger partial charge is 0.338 e. The fraction of sp³-hybridized carbons (Fsp3) is 0.571. The van der Waals surface area contributed by atoms with Crippen LogP contribution in [0.4, 0.5) is 0 Å². The van der Waals surface area contributed by atoms with Gasteiger partial charge in [-0.1, -0.05) is 76.9 Å². The van der Waals surface area contributed by atoms with E-state index in [9.17, 15) is 9.59 Å². The van der Waals surface area contributed by atoms with Crippen LogP contribution < -0.4 is 0 Å². The molecule has 0 bridgehead atoms. The number of halogens is 2. The maximum absolute atomic E-state index is 14.6. The Morgan fingerprint density at radius 3 is 2.14 bits per heavy atom. The van der Waals surface area contributed by atoms with E-state index in [-0.39, 0.29) is 34.9 Å². The van der Waals surface area contributed by atoms with Crippen molar-refractivity contribution in [3.63, 3.8) is 0 Å². The van der Waals surface area contributed by atoms with E-state index in [1.807, 2.05) is 30.9 Å². The first-order valence-corrected chi connectivity index (χ1v) is 16.2. The van der Waals surface area contributed by atoms with Gasteiger partial charge in [-0.15, -0.1) is 0 Å². The number of hydrogen-bond donors (Lipinski definition) is 0. The molecule has 0 saturated carbocycles. The average Bonchev–Trinajstić information content (AvgIpc) is 3.42. The van der Waals surface area contributed by atoms with Gasteiger partial charge in [0, 0.05) is 35.1 Å². The molecule has 2 aliphatic rings. The molecule has 234 valence electrons. The maximum atomic E-state index is 14.6. The molecule has 0 N–H and O–H groups in total. The van der Waals surface area contributed by atoms with Gasteiger partial charge in [0.2, 0.25) is 0 Å². The van der Waals surface area contributed by atoms with Gasteiger partial charge < -0.3 is 9.64 Å². The molecule has 2 aromatic carbocycles. The van der Waals surface area contributed by atoms with Crippen molar-refractivity contribution >= 4 is 40.8 Å². The minimum absolute atomic E-state index is 0.0633. The van der Waals surface area contributed by atoms with Gasteiger partial charge >= 0.3 is 5.97 Å². The van der Waals surface area contributed by atoms with Crippen LogP contribution in [-0.4, -0.2) is 58.8 Å². The van der Waals surface area contributed by atoms with Crippen LogP contribution in [-0.2, 0) is 9.53 Å². The van der Waals surface area contributed by atoms with E-state index in [1.54, 1.807) is 30.3 Å². The van der Waals surface area contributed by atoms with Crippen LogP contribution >= 0.6 is 23.2 Å². The van der Waals surface area contributed by atoms with Crippen LogP contribution in [0.5, 0.6) is 0 Å². The first-order valence-electron chi connectivity index (χ1n) is 15.4. The minimum Gasteiger partial charge on any atom is -0.459 e. The molecule has 0 aromatic heterocycles. The second kappa shape index (κ2) is 12.9. The monoisotopic (exact) mass is 627 g/mol. The molecule has 4 rings (SSSR count). The number of rotatable bonds is 9. The van der Waals surface area contributed by atoms with Gasteiger partial charge in [-0.25, -0.2) is 9.79 Å². The Kier molecular flexibility index (Phi) is 10.0. The van der Waals surface area contributed by atoms with Crippen LogP contribution in [0.3, 0.4) is 0 Å². The Hall–Kier alpha value is -2.41. The summed E-state index contributed by atoms with van der Waals surface area (Å²) in [6, 6.07) is 12.5. The molecule has 2 atom stereocenters. The number of esters is 1. The maximum Gasteiger partial charge on any atom is 0.338 e. The summed E-state index contributed by atoms with van der Waals surface area (Å²) in [4.78, 5) is 36.9. The van der Waals surface area contributed by atoms with Gasteiger partial charge in [0.25, 0.3) is 5.91 Å². The zero-order valence-electron chi connectivity index (χ0n) is 27.0. The summed E-state index contributed by atoms with van der Waals surface area (Å²) in [7, 11) is 0. The minimum atomic E-state index is -0.711. The topological polar surface area (TPSA) is 62.2 Å². The number of carbonyl (C=O) groups is 2. The lowest BCUT2D eigenvalue weighted by Crippen LogP contribution is -2.50. The van der Waals surface area contributed by atoms with Crippen molar-refractivity contribution in [2.75, 3.05) is 19.6 Å². The second-order valence-electron chi connectivity index (χ2n) is 14.8. The Morgan fingerprint density at radius 2 is 1.58 bits per heavy atom. The molecule has 2 aromatic rings. The van der Waals surface area contributed by atoms with Crippen molar-refractivity contribution in [3.05, 3.63) is 69.2 Å². The third-order valence-corrected chi connectivity index (χ3v) is 8.60. The summed E-state index contributed by atoms with van der Waals surface area (Å²) < 4.78 is 5.41. The Labute approximate surface area is 267 Å². The molecule has 8 heteroatoms. The van der Waals surface area contributed by atoms with Crippen molar-refractivity contribution in [2.24, 2.45) is 15.8 Å². The Bertz CT molecular complexity index is 1340. The molecule has 1 amide bonds. The predicted molar refractivity (Wildman–Crippen MR) is 176 cm³/mol. The quantitative estimate of drug-likeness (QED) is 0.261. The number of nitrogens with zero attached hydrogens (tertiary/aromatic N) is 3. The number of likely N-dealkylation sites (tertiary alicyclic amines) is 1. The van der Waals surface area contributed by atoms with Crippen molar-refractivity contribution in [1.82, 2.24) is 9.80 Å². The molecule has 43 heavy (non-hydrogen) atoms. The lowest BCUT2D eigenvalue weighted by Gasteiger charge is -2.40. The fourth-order valence-corrected chi connectivity index (χ4v) is 6.41. The Morgan fingerprint density at radius 1 is 0.977 bits per heavy atom. The summed E-state index contributed by atoms with van der Waals surface area (Å²) in [5, 5.41) is 0.939. The van der Waals surface area contributed by atoms with Crippen LogP contribution in [0.25, 0.3) is 0 Å². The van der Waals surface area contributed by atoms with Crippen molar-refractivity contribution < 1.29 is 14.3 Å². The van der Waals surface area contributed by atoms with Gasteiger partial charge in [-0.05, 0) is 86.4 Å². The third kappa shape index (κ3) is 8.40. The molecule has 0 radical (unpaired) electrons. The highest BCUT2D eigenvalue weighted by atomic mass is 35.5. The van der Waals surface area contributed by atoms with Crippen molar-refractivity contribution in [2.45, 2.75) is 98.9 Å². The summed E-state index contributed by atoms with van der Waals surface area (Å²) in [5.41, 5.74) is 2.07. The SMILES string of the molecule is CC(C)OC(=O)c1ccc([C@@H](CCC(C)(C)C)N2C(=O)C(c3cc(Cl)cc(Cl)c3)=NC23CCN(CCC(C)(C)C)C3)cc1. The van der Waals surface area contributed by atoms with E-state index < -0.39 is 5.66 Å². The van der Waals surface area contributed by atoms with Crippen LogP contribution in [0.15, 0.2) is 47.5 Å². The summed E-state index contributed by atoms with van der Waals surface area (Å²) in [6.07, 6.45) is 3.26. The molecule has 1 unspecified atom stereocenters. The number of hydrogen-bond acceptors (Lipinski definition) is 5. The molecule has 1 spiro atoms.